The first kappa shape index (κ1) is 11.5. The van der Waals surface area contributed by atoms with Crippen LogP contribution in [-0.4, -0.2) is 20.6 Å². The first-order chi connectivity index (χ1) is 9.25. The molecular formula is C15H12N2O2. The lowest BCUT2D eigenvalue weighted by Gasteiger charge is -2.05. The number of benzene rings is 1. The van der Waals surface area contributed by atoms with Gasteiger partial charge in [-0.3, -0.25) is 4.98 Å². The summed E-state index contributed by atoms with van der Waals surface area (Å²) >= 11 is 0. The van der Waals surface area contributed by atoms with Gasteiger partial charge in [0.15, 0.2) is 0 Å². The van der Waals surface area contributed by atoms with Crippen LogP contribution >= 0.6 is 0 Å². The van der Waals surface area contributed by atoms with Crippen molar-refractivity contribution >= 4 is 16.9 Å². The summed E-state index contributed by atoms with van der Waals surface area (Å²) in [6.07, 6.45) is 3.65. The molecule has 0 radical (unpaired) electrons. The number of carbonyl (C=O) groups is 1. The highest BCUT2D eigenvalue weighted by Crippen LogP contribution is 2.21. The Morgan fingerprint density at radius 2 is 2.05 bits per heavy atom. The van der Waals surface area contributed by atoms with Crippen LogP contribution in [0.3, 0.4) is 0 Å². The molecule has 1 N–H and O–H groups in total. The maximum Gasteiger partial charge on any atom is 0.336 e. The van der Waals surface area contributed by atoms with Crippen LogP contribution in [0.25, 0.3) is 10.9 Å². The van der Waals surface area contributed by atoms with Crippen molar-refractivity contribution in [2.24, 2.45) is 0 Å². The van der Waals surface area contributed by atoms with Gasteiger partial charge in [0.2, 0.25) is 0 Å². The average Bonchev–Trinajstić information content (AvgIpc) is 2.83. The van der Waals surface area contributed by atoms with Crippen LogP contribution < -0.4 is 0 Å². The van der Waals surface area contributed by atoms with Crippen molar-refractivity contribution in [1.82, 2.24) is 9.55 Å². The minimum atomic E-state index is -0.902. The molecule has 4 heteroatoms. The molecule has 0 aliphatic heterocycles. The Hall–Kier alpha value is -2.62. The smallest absolute Gasteiger partial charge is 0.336 e. The van der Waals surface area contributed by atoms with E-state index in [1.807, 2.05) is 41.1 Å². The summed E-state index contributed by atoms with van der Waals surface area (Å²) in [4.78, 5) is 15.4. The zero-order valence-corrected chi connectivity index (χ0v) is 10.2. The molecule has 0 aliphatic carbocycles. The Kier molecular flexibility index (Phi) is 2.76. The van der Waals surface area contributed by atoms with E-state index in [1.165, 1.54) is 0 Å². The monoisotopic (exact) mass is 252 g/mol. The molecule has 4 nitrogen and oxygen atoms in total. The van der Waals surface area contributed by atoms with Gasteiger partial charge >= 0.3 is 5.97 Å². The van der Waals surface area contributed by atoms with Crippen molar-refractivity contribution in [3.05, 3.63) is 66.1 Å². The third kappa shape index (κ3) is 2.08. The molecule has 19 heavy (non-hydrogen) atoms. The van der Waals surface area contributed by atoms with E-state index in [2.05, 4.69) is 4.98 Å². The van der Waals surface area contributed by atoms with Crippen molar-refractivity contribution in [1.29, 1.82) is 0 Å². The number of fused-ring (bicyclic) bond motifs is 1. The Labute approximate surface area is 109 Å². The minimum absolute atomic E-state index is 0.331. The highest BCUT2D eigenvalue weighted by molar-refractivity contribution is 6.02. The number of hydrogen-bond acceptors (Lipinski definition) is 2. The van der Waals surface area contributed by atoms with Crippen LogP contribution in [0.5, 0.6) is 0 Å². The first-order valence-corrected chi connectivity index (χ1v) is 5.97. The number of pyridine rings is 1. The fourth-order valence-corrected chi connectivity index (χ4v) is 2.21. The zero-order chi connectivity index (χ0) is 13.2. The predicted molar refractivity (Wildman–Crippen MR) is 72.2 cm³/mol. The molecule has 0 fully saturated rings. The van der Waals surface area contributed by atoms with Crippen LogP contribution in [0.4, 0.5) is 0 Å². The van der Waals surface area contributed by atoms with E-state index >= 15 is 0 Å². The van der Waals surface area contributed by atoms with Gasteiger partial charge < -0.3 is 9.67 Å². The Balaban J connectivity index is 2.07. The van der Waals surface area contributed by atoms with Gasteiger partial charge in [0.25, 0.3) is 0 Å². The van der Waals surface area contributed by atoms with Gasteiger partial charge in [0.1, 0.15) is 0 Å². The maximum absolute atomic E-state index is 11.2. The normalized spacial score (nSPS) is 10.7. The van der Waals surface area contributed by atoms with Gasteiger partial charge in [-0.15, -0.1) is 0 Å². The second-order valence-electron chi connectivity index (χ2n) is 4.31. The van der Waals surface area contributed by atoms with Gasteiger partial charge in [-0.05, 0) is 30.3 Å². The molecule has 0 spiro atoms. The maximum atomic E-state index is 11.2. The molecule has 0 unspecified atom stereocenters. The number of hydrogen-bond donors (Lipinski definition) is 1. The molecule has 0 amide bonds. The van der Waals surface area contributed by atoms with Crippen LogP contribution in [0, 0.1) is 0 Å². The van der Waals surface area contributed by atoms with Crippen molar-refractivity contribution in [3.63, 3.8) is 0 Å². The first-order valence-electron chi connectivity index (χ1n) is 5.97. The standard InChI is InChI=1S/C15H12N2O2/c18-15(19)13-5-3-6-14-12(13)7-9-17(14)10-11-4-1-2-8-16-11/h1-9H,10H2,(H,18,19). The van der Waals surface area contributed by atoms with E-state index in [0.717, 1.165) is 16.6 Å². The van der Waals surface area contributed by atoms with E-state index in [9.17, 15) is 4.79 Å². The number of aromatic carboxylic acids is 1. The van der Waals surface area contributed by atoms with Crippen LogP contribution in [0.15, 0.2) is 54.9 Å². The van der Waals surface area contributed by atoms with Crippen molar-refractivity contribution in [3.8, 4) is 0 Å². The average molecular weight is 252 g/mol. The lowest BCUT2D eigenvalue weighted by Crippen LogP contribution is -2.01. The molecular weight excluding hydrogens is 240 g/mol. The quantitative estimate of drug-likeness (QED) is 0.779. The Morgan fingerprint density at radius 3 is 2.79 bits per heavy atom. The summed E-state index contributed by atoms with van der Waals surface area (Å²) in [5.41, 5.74) is 2.18. The van der Waals surface area contributed by atoms with Crippen molar-refractivity contribution < 1.29 is 9.90 Å². The third-order valence-corrected chi connectivity index (χ3v) is 3.10. The Bertz CT molecular complexity index is 732. The van der Waals surface area contributed by atoms with Gasteiger partial charge in [0, 0.05) is 23.3 Å². The largest absolute Gasteiger partial charge is 0.478 e. The van der Waals surface area contributed by atoms with Gasteiger partial charge in [-0.1, -0.05) is 12.1 Å². The molecule has 0 aliphatic rings. The van der Waals surface area contributed by atoms with E-state index in [1.54, 1.807) is 18.3 Å². The molecule has 0 saturated carbocycles. The molecule has 0 saturated heterocycles. The summed E-state index contributed by atoms with van der Waals surface area (Å²) in [7, 11) is 0. The second-order valence-corrected chi connectivity index (χ2v) is 4.31. The van der Waals surface area contributed by atoms with Crippen molar-refractivity contribution in [2.45, 2.75) is 6.54 Å². The van der Waals surface area contributed by atoms with Crippen LogP contribution in [0.2, 0.25) is 0 Å². The minimum Gasteiger partial charge on any atom is -0.478 e. The molecule has 2 heterocycles. The number of carboxylic acids is 1. The molecule has 2 aromatic heterocycles. The van der Waals surface area contributed by atoms with Gasteiger partial charge in [-0.25, -0.2) is 4.79 Å². The lowest BCUT2D eigenvalue weighted by molar-refractivity contribution is 0.0699. The zero-order valence-electron chi connectivity index (χ0n) is 10.2. The number of carboxylic acid groups (broad SMARTS) is 1. The number of rotatable bonds is 3. The summed E-state index contributed by atoms with van der Waals surface area (Å²) in [5.74, 6) is -0.902. The fraction of sp³-hybridized carbons (Fsp3) is 0.0667. The summed E-state index contributed by atoms with van der Waals surface area (Å²) in [6, 6.07) is 12.9. The predicted octanol–water partition coefficient (Wildman–Crippen LogP) is 2.78. The molecule has 0 atom stereocenters. The SMILES string of the molecule is O=C(O)c1cccc2c1ccn2Cc1ccccn1. The van der Waals surface area contributed by atoms with Gasteiger partial charge in [-0.2, -0.15) is 0 Å². The third-order valence-electron chi connectivity index (χ3n) is 3.10. The topological polar surface area (TPSA) is 55.1 Å². The lowest BCUT2D eigenvalue weighted by atomic mass is 10.1. The number of aromatic nitrogens is 2. The van der Waals surface area contributed by atoms with E-state index in [0.29, 0.717) is 12.1 Å². The second kappa shape index (κ2) is 4.57. The van der Waals surface area contributed by atoms with Crippen LogP contribution in [-0.2, 0) is 6.54 Å². The molecule has 1 aromatic carbocycles. The van der Waals surface area contributed by atoms with E-state index in [4.69, 9.17) is 5.11 Å². The molecule has 3 rings (SSSR count). The molecule has 0 bridgehead atoms. The number of nitrogens with zero attached hydrogens (tertiary/aromatic N) is 2. The fourth-order valence-electron chi connectivity index (χ4n) is 2.21. The van der Waals surface area contributed by atoms with Gasteiger partial charge in [0.05, 0.1) is 17.8 Å². The van der Waals surface area contributed by atoms with Crippen LogP contribution in [0.1, 0.15) is 16.1 Å². The summed E-state index contributed by atoms with van der Waals surface area (Å²) in [6.45, 7) is 0.632. The van der Waals surface area contributed by atoms with Crippen molar-refractivity contribution in [2.75, 3.05) is 0 Å². The van der Waals surface area contributed by atoms with E-state index in [-0.39, 0.29) is 0 Å². The summed E-state index contributed by atoms with van der Waals surface area (Å²) < 4.78 is 2.00. The van der Waals surface area contributed by atoms with E-state index < -0.39 is 5.97 Å². The molecule has 94 valence electrons. The highest BCUT2D eigenvalue weighted by atomic mass is 16.4. The highest BCUT2D eigenvalue weighted by Gasteiger charge is 2.10. The molecule has 3 aromatic rings. The Morgan fingerprint density at radius 1 is 1.16 bits per heavy atom. The summed E-state index contributed by atoms with van der Waals surface area (Å²) in [5, 5.41) is 9.92.